The number of halogens is 1. The maximum absolute atomic E-state index is 11.3. The highest BCUT2D eigenvalue weighted by Gasteiger charge is 2.18. The van der Waals surface area contributed by atoms with Crippen molar-refractivity contribution in [2.24, 2.45) is 5.41 Å². The fourth-order valence-corrected chi connectivity index (χ4v) is 2.84. The van der Waals surface area contributed by atoms with Crippen molar-refractivity contribution in [2.75, 3.05) is 5.32 Å². The van der Waals surface area contributed by atoms with E-state index in [0.29, 0.717) is 16.7 Å². The summed E-state index contributed by atoms with van der Waals surface area (Å²) in [5, 5.41) is 2.93. The van der Waals surface area contributed by atoms with Crippen molar-refractivity contribution in [3.8, 4) is 0 Å². The number of carbonyl (C=O) groups is 1. The molecule has 0 bridgehead atoms. The van der Waals surface area contributed by atoms with Gasteiger partial charge in [0.15, 0.2) is 0 Å². The Morgan fingerprint density at radius 1 is 1.32 bits per heavy atom. The number of amides is 1. The van der Waals surface area contributed by atoms with Crippen LogP contribution in [0.25, 0.3) is 0 Å². The van der Waals surface area contributed by atoms with E-state index in [1.165, 1.54) is 17.5 Å². The van der Waals surface area contributed by atoms with Crippen LogP contribution in [0, 0.1) is 5.41 Å². The molecule has 1 N–H and O–H groups in total. The molecule has 0 saturated heterocycles. The third kappa shape index (κ3) is 4.07. The number of carbonyl (C=O) groups excluding carboxylic acids is 1. The molecule has 1 amide bonds. The van der Waals surface area contributed by atoms with Crippen LogP contribution in [0.3, 0.4) is 0 Å². The maximum atomic E-state index is 11.3. The first-order valence-corrected chi connectivity index (χ1v) is 7.83. The molecule has 0 aromatic heterocycles. The molecule has 2 nitrogen and oxygen atoms in total. The molecule has 1 aromatic rings. The van der Waals surface area contributed by atoms with Crippen molar-refractivity contribution in [2.45, 2.75) is 51.3 Å². The second kappa shape index (κ2) is 5.66. The van der Waals surface area contributed by atoms with Gasteiger partial charge >= 0.3 is 0 Å². The lowest BCUT2D eigenvalue weighted by Gasteiger charge is -2.22. The Labute approximate surface area is 124 Å². The van der Waals surface area contributed by atoms with E-state index < -0.39 is 0 Å². The van der Waals surface area contributed by atoms with E-state index in [2.05, 4.69) is 54.2 Å². The molecule has 1 aliphatic heterocycles. The number of fused-ring (bicyclic) bond motifs is 1. The van der Waals surface area contributed by atoms with Gasteiger partial charge in [-0.3, -0.25) is 4.79 Å². The predicted octanol–water partition coefficient (Wildman–Crippen LogP) is 4.83. The lowest BCUT2D eigenvalue weighted by molar-refractivity contribution is -0.116. The van der Waals surface area contributed by atoms with Gasteiger partial charge in [0.1, 0.15) is 0 Å². The van der Waals surface area contributed by atoms with Crippen molar-refractivity contribution in [1.82, 2.24) is 0 Å². The first-order valence-electron chi connectivity index (χ1n) is 6.92. The number of anilines is 1. The van der Waals surface area contributed by atoms with Crippen molar-refractivity contribution in [3.63, 3.8) is 0 Å². The highest BCUT2D eigenvalue weighted by Crippen LogP contribution is 2.35. The Morgan fingerprint density at radius 3 is 2.74 bits per heavy atom. The molecule has 1 atom stereocenters. The minimum atomic E-state index is 0.128. The zero-order chi connectivity index (χ0) is 14.0. The van der Waals surface area contributed by atoms with Crippen molar-refractivity contribution >= 4 is 27.5 Å². The molecule has 0 saturated carbocycles. The van der Waals surface area contributed by atoms with Crippen LogP contribution in [-0.4, -0.2) is 5.91 Å². The zero-order valence-corrected chi connectivity index (χ0v) is 13.5. The van der Waals surface area contributed by atoms with Crippen molar-refractivity contribution in [3.05, 3.63) is 29.3 Å². The van der Waals surface area contributed by atoms with Crippen LogP contribution in [0.15, 0.2) is 18.2 Å². The summed E-state index contributed by atoms with van der Waals surface area (Å²) in [6.45, 7) is 6.82. The van der Waals surface area contributed by atoms with E-state index in [4.69, 9.17) is 0 Å². The Kier molecular flexibility index (Phi) is 4.34. The Morgan fingerprint density at radius 2 is 2.05 bits per heavy atom. The lowest BCUT2D eigenvalue weighted by atomic mass is 9.88. The molecule has 2 rings (SSSR count). The number of hydrogen-bond acceptors (Lipinski definition) is 1. The number of hydrogen-bond donors (Lipinski definition) is 1. The number of nitrogens with one attached hydrogen (secondary N) is 1. The fraction of sp³-hybridized carbons (Fsp3) is 0.562. The number of benzene rings is 1. The second-order valence-corrected chi connectivity index (χ2v) is 7.64. The summed E-state index contributed by atoms with van der Waals surface area (Å²) in [6, 6.07) is 6.39. The maximum Gasteiger partial charge on any atom is 0.224 e. The highest BCUT2D eigenvalue weighted by molar-refractivity contribution is 9.09. The standard InChI is InChI=1S/C16H22BrNO/c1-16(2,3)9-8-13(17)11-4-6-14-12(10-11)5-7-15(19)18-14/h4,6,10,13H,5,7-9H2,1-3H3,(H,18,19). The molecule has 0 aliphatic carbocycles. The number of rotatable bonds is 3. The van der Waals surface area contributed by atoms with Gasteiger partial charge < -0.3 is 5.32 Å². The van der Waals surface area contributed by atoms with E-state index in [-0.39, 0.29) is 5.91 Å². The molecule has 1 aromatic carbocycles. The summed E-state index contributed by atoms with van der Waals surface area (Å²) in [5.74, 6) is 0.128. The van der Waals surface area contributed by atoms with E-state index in [0.717, 1.165) is 18.5 Å². The van der Waals surface area contributed by atoms with Crippen LogP contribution in [0.1, 0.15) is 56.0 Å². The number of alkyl halides is 1. The van der Waals surface area contributed by atoms with Gasteiger partial charge in [-0.25, -0.2) is 0 Å². The molecule has 1 heterocycles. The third-order valence-electron chi connectivity index (χ3n) is 3.53. The van der Waals surface area contributed by atoms with Gasteiger partial charge in [-0.2, -0.15) is 0 Å². The van der Waals surface area contributed by atoms with Gasteiger partial charge in [0.2, 0.25) is 5.91 Å². The monoisotopic (exact) mass is 323 g/mol. The summed E-state index contributed by atoms with van der Waals surface area (Å²) >= 11 is 3.79. The Bertz CT molecular complexity index is 476. The molecule has 0 fully saturated rings. The van der Waals surface area contributed by atoms with Crippen LogP contribution in [0.4, 0.5) is 5.69 Å². The lowest BCUT2D eigenvalue weighted by Crippen LogP contribution is -2.19. The van der Waals surface area contributed by atoms with Gasteiger partial charge in [-0.1, -0.05) is 48.8 Å². The summed E-state index contributed by atoms with van der Waals surface area (Å²) < 4.78 is 0. The normalized spacial score (nSPS) is 16.7. The molecule has 104 valence electrons. The van der Waals surface area contributed by atoms with E-state index >= 15 is 0 Å². The summed E-state index contributed by atoms with van der Waals surface area (Å²) in [5.41, 5.74) is 3.93. The first-order chi connectivity index (χ1) is 8.85. The minimum absolute atomic E-state index is 0.128. The van der Waals surface area contributed by atoms with Crippen LogP contribution < -0.4 is 5.32 Å². The largest absolute Gasteiger partial charge is 0.326 e. The van der Waals surface area contributed by atoms with E-state index in [9.17, 15) is 4.79 Å². The summed E-state index contributed by atoms with van der Waals surface area (Å²) in [6.07, 6.45) is 3.78. The molecule has 0 spiro atoms. The molecule has 1 aliphatic rings. The average Bonchev–Trinajstić information content (AvgIpc) is 2.34. The predicted molar refractivity (Wildman–Crippen MR) is 83.7 cm³/mol. The second-order valence-electron chi connectivity index (χ2n) is 6.53. The average molecular weight is 324 g/mol. The highest BCUT2D eigenvalue weighted by atomic mass is 79.9. The van der Waals surface area contributed by atoms with Crippen molar-refractivity contribution in [1.29, 1.82) is 0 Å². The van der Waals surface area contributed by atoms with E-state index in [1.807, 2.05) is 6.07 Å². The van der Waals surface area contributed by atoms with Gasteiger partial charge in [-0.15, -0.1) is 0 Å². The molecule has 1 unspecified atom stereocenters. The third-order valence-corrected chi connectivity index (χ3v) is 4.52. The summed E-state index contributed by atoms with van der Waals surface area (Å²) in [7, 11) is 0. The van der Waals surface area contributed by atoms with Crippen LogP contribution >= 0.6 is 15.9 Å². The quantitative estimate of drug-likeness (QED) is 0.793. The van der Waals surface area contributed by atoms with Gasteiger partial charge in [0.05, 0.1) is 0 Å². The Hall–Kier alpha value is -0.830. The molecular formula is C16H22BrNO. The molecule has 0 radical (unpaired) electrons. The van der Waals surface area contributed by atoms with Crippen molar-refractivity contribution < 1.29 is 4.79 Å². The molecular weight excluding hydrogens is 302 g/mol. The molecule has 19 heavy (non-hydrogen) atoms. The zero-order valence-electron chi connectivity index (χ0n) is 11.9. The fourth-order valence-electron chi connectivity index (χ4n) is 2.32. The first kappa shape index (κ1) is 14.6. The van der Waals surface area contributed by atoms with E-state index in [1.54, 1.807) is 0 Å². The SMILES string of the molecule is CC(C)(C)CCC(Br)c1ccc2c(c1)CCC(=O)N2. The smallest absolute Gasteiger partial charge is 0.224 e. The molecule has 3 heteroatoms. The van der Waals surface area contributed by atoms with Crippen LogP contribution in [0.5, 0.6) is 0 Å². The van der Waals surface area contributed by atoms with Crippen LogP contribution in [0.2, 0.25) is 0 Å². The number of aryl methyl sites for hydroxylation is 1. The minimum Gasteiger partial charge on any atom is -0.326 e. The van der Waals surface area contributed by atoms with Gasteiger partial charge in [-0.05, 0) is 41.9 Å². The Balaban J connectivity index is 2.07. The van der Waals surface area contributed by atoms with Crippen LogP contribution in [-0.2, 0) is 11.2 Å². The topological polar surface area (TPSA) is 29.1 Å². The van der Waals surface area contributed by atoms with Gasteiger partial charge in [0, 0.05) is 16.9 Å². The van der Waals surface area contributed by atoms with Gasteiger partial charge in [0.25, 0.3) is 0 Å². The summed E-state index contributed by atoms with van der Waals surface area (Å²) in [4.78, 5) is 11.7.